The third-order valence-electron chi connectivity index (χ3n) is 7.84. The van der Waals surface area contributed by atoms with Gasteiger partial charge in [-0.05, 0) is 61.2 Å². The summed E-state index contributed by atoms with van der Waals surface area (Å²) in [7, 11) is 1.24. The molecule has 5 rings (SSSR count). The molecule has 0 radical (unpaired) electrons. The van der Waals surface area contributed by atoms with Crippen LogP contribution in [0, 0.1) is 0 Å². The molecule has 3 aromatic rings. The third kappa shape index (κ3) is 4.53. The number of likely N-dealkylation sites (tertiary alicyclic amines) is 1. The summed E-state index contributed by atoms with van der Waals surface area (Å²) in [6, 6.07) is 6.49. The monoisotopic (exact) mass is 569 g/mol. The molecular formula is C27H26F7N5O. The van der Waals surface area contributed by atoms with Gasteiger partial charge in [-0.3, -0.25) is 9.69 Å². The Labute approximate surface area is 225 Å². The number of rotatable bonds is 6. The molecule has 1 fully saturated rings. The van der Waals surface area contributed by atoms with Gasteiger partial charge in [0.15, 0.2) is 0 Å². The van der Waals surface area contributed by atoms with Crippen LogP contribution in [0.2, 0.25) is 0 Å². The highest BCUT2D eigenvalue weighted by atomic mass is 19.4. The van der Waals surface area contributed by atoms with E-state index in [1.807, 2.05) is 0 Å². The lowest BCUT2D eigenvalue weighted by Crippen LogP contribution is -2.39. The number of amides is 1. The first-order chi connectivity index (χ1) is 18.6. The Hall–Kier alpha value is -3.48. The largest absolute Gasteiger partial charge is 0.416 e. The molecular weight excluding hydrogens is 543 g/mol. The normalized spacial score (nSPS) is 20.6. The van der Waals surface area contributed by atoms with Crippen molar-refractivity contribution in [2.45, 2.75) is 56.8 Å². The molecule has 40 heavy (non-hydrogen) atoms. The topological polar surface area (TPSA) is 54.3 Å². The van der Waals surface area contributed by atoms with E-state index in [0.717, 1.165) is 34.0 Å². The van der Waals surface area contributed by atoms with Gasteiger partial charge in [0.05, 0.1) is 12.1 Å². The molecule has 2 aliphatic heterocycles. The van der Waals surface area contributed by atoms with Gasteiger partial charge < -0.3 is 9.47 Å². The highest BCUT2D eigenvalue weighted by Crippen LogP contribution is 2.48. The van der Waals surface area contributed by atoms with E-state index in [4.69, 9.17) is 0 Å². The van der Waals surface area contributed by atoms with Crippen molar-refractivity contribution in [3.8, 4) is 0 Å². The van der Waals surface area contributed by atoms with Crippen molar-refractivity contribution in [1.29, 1.82) is 0 Å². The van der Waals surface area contributed by atoms with Gasteiger partial charge in [-0.1, -0.05) is 12.1 Å². The van der Waals surface area contributed by atoms with Crippen molar-refractivity contribution in [2.24, 2.45) is 7.05 Å². The molecule has 0 N–H and O–H groups in total. The van der Waals surface area contributed by atoms with Crippen molar-refractivity contribution in [2.75, 3.05) is 18.0 Å². The number of halogens is 7. The number of alkyl halides is 7. The van der Waals surface area contributed by atoms with Crippen molar-refractivity contribution in [3.63, 3.8) is 0 Å². The van der Waals surface area contributed by atoms with Gasteiger partial charge >= 0.3 is 12.1 Å². The number of nitrogens with zero attached hydrogens (tertiary/aromatic N) is 5. The van der Waals surface area contributed by atoms with Gasteiger partial charge in [-0.25, -0.2) is 8.78 Å². The Morgan fingerprint density at radius 1 is 1.07 bits per heavy atom. The molecule has 1 amide bonds. The Bertz CT molecular complexity index is 1450. The van der Waals surface area contributed by atoms with Gasteiger partial charge in [-0.2, -0.15) is 22.0 Å². The van der Waals surface area contributed by atoms with Crippen LogP contribution in [0.1, 0.15) is 64.7 Å². The van der Waals surface area contributed by atoms with Crippen molar-refractivity contribution in [3.05, 3.63) is 76.4 Å². The zero-order chi connectivity index (χ0) is 29.2. The van der Waals surface area contributed by atoms with E-state index in [1.165, 1.54) is 25.2 Å². The molecule has 0 aliphatic carbocycles. The number of fused-ring (bicyclic) bond motifs is 1. The molecule has 0 unspecified atom stereocenters. The fraction of sp³-hybridized carbons (Fsp3) is 0.444. The summed E-state index contributed by atoms with van der Waals surface area (Å²) >= 11 is 0. The van der Waals surface area contributed by atoms with Gasteiger partial charge in [0.2, 0.25) is 11.5 Å². The number of anilines is 1. The number of hydrogen-bond acceptors (Lipinski definition) is 4. The van der Waals surface area contributed by atoms with Crippen LogP contribution in [0.25, 0.3) is 0 Å². The SMILES string of the molecule is C[C@@H](c1cc2c(c(C(F)(F)F)c1)CN(c1cccc([C@](C)(F)C(F)(F)c3nncn3C)c1)C2=O)N1CC[C@H](F)C1. The Morgan fingerprint density at radius 3 is 2.40 bits per heavy atom. The average Bonchev–Trinajstić information content (AvgIpc) is 3.61. The number of aryl methyl sites for hydroxylation is 1. The maximum Gasteiger partial charge on any atom is 0.416 e. The maximum absolute atomic E-state index is 15.8. The predicted octanol–water partition coefficient (Wildman–Crippen LogP) is 6.08. The van der Waals surface area contributed by atoms with Crippen LogP contribution >= 0.6 is 0 Å². The molecule has 214 valence electrons. The van der Waals surface area contributed by atoms with Gasteiger partial charge in [-0.15, -0.1) is 10.2 Å². The van der Waals surface area contributed by atoms with E-state index in [9.17, 15) is 22.4 Å². The number of aromatic nitrogens is 3. The summed E-state index contributed by atoms with van der Waals surface area (Å²) in [5.41, 5.74) is -5.09. The number of carbonyl (C=O) groups is 1. The minimum Gasteiger partial charge on any atom is -0.316 e. The molecule has 0 bridgehead atoms. The molecule has 3 heterocycles. The third-order valence-corrected chi connectivity index (χ3v) is 7.84. The summed E-state index contributed by atoms with van der Waals surface area (Å²) in [5, 5.41) is 6.72. The van der Waals surface area contributed by atoms with E-state index in [0.29, 0.717) is 13.5 Å². The first-order valence-corrected chi connectivity index (χ1v) is 12.6. The molecule has 6 nitrogen and oxygen atoms in total. The standard InChI is InChI=1S/C27H26F7N5O/c1-15(38-8-7-18(28)12-38)16-9-20-21(22(10-16)27(32,33)34)13-39(23(20)40)19-6-4-5-17(11-19)25(2,29)26(30,31)24-36-35-14-37(24)3/h4-6,9-11,14-15,18H,7-8,12-13H2,1-3H3/t15-,18-,25-/m0/s1. The van der Waals surface area contributed by atoms with Crippen LogP contribution < -0.4 is 4.90 Å². The van der Waals surface area contributed by atoms with Crippen LogP contribution in [0.3, 0.4) is 0 Å². The quantitative estimate of drug-likeness (QED) is 0.338. The molecule has 3 atom stereocenters. The molecule has 2 aliphatic rings. The van der Waals surface area contributed by atoms with Crippen LogP contribution in [0.5, 0.6) is 0 Å². The molecule has 13 heteroatoms. The molecule has 1 saturated heterocycles. The van der Waals surface area contributed by atoms with E-state index in [-0.39, 0.29) is 35.3 Å². The molecule has 1 aromatic heterocycles. The van der Waals surface area contributed by atoms with Crippen LogP contribution in [0.4, 0.5) is 36.4 Å². The maximum atomic E-state index is 15.8. The second-order valence-electron chi connectivity index (χ2n) is 10.4. The predicted molar refractivity (Wildman–Crippen MR) is 131 cm³/mol. The fourth-order valence-corrected chi connectivity index (χ4v) is 5.36. The Kier molecular flexibility index (Phi) is 6.71. The van der Waals surface area contributed by atoms with Gasteiger partial charge in [0, 0.05) is 37.4 Å². The van der Waals surface area contributed by atoms with E-state index in [2.05, 4.69) is 10.2 Å². The smallest absolute Gasteiger partial charge is 0.316 e. The zero-order valence-corrected chi connectivity index (χ0v) is 21.8. The minimum absolute atomic E-state index is 0.0427. The molecule has 0 saturated carbocycles. The van der Waals surface area contributed by atoms with E-state index in [1.54, 1.807) is 11.8 Å². The summed E-state index contributed by atoms with van der Waals surface area (Å²) in [6.07, 6.45) is -4.59. The highest BCUT2D eigenvalue weighted by Gasteiger charge is 2.57. The minimum atomic E-state index is -4.79. The average molecular weight is 570 g/mol. The van der Waals surface area contributed by atoms with E-state index < -0.39 is 59.4 Å². The summed E-state index contributed by atoms with van der Waals surface area (Å²) in [5.74, 6) is -5.82. The first kappa shape index (κ1) is 28.1. The van der Waals surface area contributed by atoms with Crippen LogP contribution in [0.15, 0.2) is 42.7 Å². The first-order valence-electron chi connectivity index (χ1n) is 12.6. The highest BCUT2D eigenvalue weighted by molar-refractivity contribution is 6.10. The lowest BCUT2D eigenvalue weighted by Gasteiger charge is -2.30. The fourth-order valence-electron chi connectivity index (χ4n) is 5.36. The second-order valence-corrected chi connectivity index (χ2v) is 10.4. The van der Waals surface area contributed by atoms with Crippen molar-refractivity contribution < 1.29 is 35.5 Å². The van der Waals surface area contributed by atoms with Crippen LogP contribution in [-0.4, -0.2) is 44.8 Å². The lowest BCUT2D eigenvalue weighted by molar-refractivity contribution is -0.149. The number of carbonyl (C=O) groups excluding carboxylic acids is 1. The summed E-state index contributed by atoms with van der Waals surface area (Å²) in [4.78, 5) is 16.2. The van der Waals surface area contributed by atoms with Crippen molar-refractivity contribution >= 4 is 11.6 Å². The Morgan fingerprint density at radius 2 is 1.80 bits per heavy atom. The number of benzene rings is 2. The lowest BCUT2D eigenvalue weighted by atomic mass is 9.90. The summed E-state index contributed by atoms with van der Waals surface area (Å²) in [6.45, 7) is 2.28. The van der Waals surface area contributed by atoms with Crippen molar-refractivity contribution in [1.82, 2.24) is 19.7 Å². The van der Waals surface area contributed by atoms with Crippen LogP contribution in [-0.2, 0) is 31.4 Å². The summed E-state index contributed by atoms with van der Waals surface area (Å²) < 4.78 is 103. The van der Waals surface area contributed by atoms with E-state index >= 15 is 13.2 Å². The number of hydrogen-bond donors (Lipinski definition) is 0. The second kappa shape index (κ2) is 9.57. The zero-order valence-electron chi connectivity index (χ0n) is 21.8. The molecule has 2 aromatic carbocycles. The Balaban J connectivity index is 1.51. The van der Waals surface area contributed by atoms with Gasteiger partial charge in [0.1, 0.15) is 12.5 Å². The van der Waals surface area contributed by atoms with Gasteiger partial charge in [0.25, 0.3) is 5.91 Å². The molecule has 0 spiro atoms.